The zero-order chi connectivity index (χ0) is 17.0. The SMILES string of the molecule is CNc1nnc(S[C@H](C)C(=O)Nc2ccc(F)c([N+](=O)[O-])c2)s1. The summed E-state index contributed by atoms with van der Waals surface area (Å²) in [6.45, 7) is 1.67. The Morgan fingerprint density at radius 1 is 1.48 bits per heavy atom. The molecule has 2 rings (SSSR count). The summed E-state index contributed by atoms with van der Waals surface area (Å²) >= 11 is 2.51. The van der Waals surface area contributed by atoms with E-state index in [1.54, 1.807) is 14.0 Å². The van der Waals surface area contributed by atoms with Gasteiger partial charge in [0.2, 0.25) is 16.9 Å². The fourth-order valence-electron chi connectivity index (χ4n) is 1.54. The van der Waals surface area contributed by atoms with Crippen LogP contribution in [0.2, 0.25) is 0 Å². The molecule has 8 nitrogen and oxygen atoms in total. The van der Waals surface area contributed by atoms with Gasteiger partial charge in [0.15, 0.2) is 4.34 Å². The van der Waals surface area contributed by atoms with Gasteiger partial charge in [-0.25, -0.2) is 0 Å². The molecule has 2 aromatic rings. The Kier molecular flexibility index (Phi) is 5.45. The van der Waals surface area contributed by atoms with Crippen LogP contribution in [0.25, 0.3) is 0 Å². The molecule has 0 saturated heterocycles. The summed E-state index contributed by atoms with van der Waals surface area (Å²) in [5.41, 5.74) is -0.533. The predicted molar refractivity (Wildman–Crippen MR) is 86.5 cm³/mol. The molecule has 0 bridgehead atoms. The van der Waals surface area contributed by atoms with E-state index in [1.807, 2.05) is 0 Å². The van der Waals surface area contributed by atoms with E-state index in [-0.39, 0.29) is 11.6 Å². The first-order valence-electron chi connectivity index (χ1n) is 6.33. The molecule has 1 atom stereocenters. The summed E-state index contributed by atoms with van der Waals surface area (Å²) in [5.74, 6) is -1.33. The second kappa shape index (κ2) is 7.33. The van der Waals surface area contributed by atoms with Crippen molar-refractivity contribution >= 4 is 45.5 Å². The molecule has 0 aliphatic heterocycles. The number of amides is 1. The smallest absolute Gasteiger partial charge is 0.306 e. The normalized spacial score (nSPS) is 11.8. The van der Waals surface area contributed by atoms with E-state index in [0.717, 1.165) is 12.1 Å². The standard InChI is InChI=1S/C12H12FN5O3S2/c1-6(22-12-17-16-11(14-2)23-12)10(19)15-7-3-4-8(13)9(5-7)18(20)21/h3-6H,1-2H3,(H,14,16)(H,15,19)/t6-/m1/s1. The number of anilines is 2. The quantitative estimate of drug-likeness (QED) is 0.464. The summed E-state index contributed by atoms with van der Waals surface area (Å²) in [6, 6.07) is 3.19. The van der Waals surface area contributed by atoms with Crippen molar-refractivity contribution in [3.63, 3.8) is 0 Å². The first kappa shape index (κ1) is 17.1. The number of carbonyl (C=O) groups excluding carboxylic acids is 1. The second-order valence-electron chi connectivity index (χ2n) is 4.30. The Morgan fingerprint density at radius 3 is 2.83 bits per heavy atom. The maximum Gasteiger partial charge on any atom is 0.306 e. The summed E-state index contributed by atoms with van der Waals surface area (Å²) < 4.78 is 13.9. The van der Waals surface area contributed by atoms with Crippen LogP contribution in [0.1, 0.15) is 6.92 Å². The Bertz CT molecular complexity index is 739. The van der Waals surface area contributed by atoms with Crippen molar-refractivity contribution in [2.24, 2.45) is 0 Å². The molecule has 23 heavy (non-hydrogen) atoms. The van der Waals surface area contributed by atoms with E-state index in [9.17, 15) is 19.3 Å². The monoisotopic (exact) mass is 357 g/mol. The third-order valence-electron chi connectivity index (χ3n) is 2.68. The highest BCUT2D eigenvalue weighted by atomic mass is 32.2. The molecular weight excluding hydrogens is 345 g/mol. The molecule has 1 amide bonds. The Hall–Kier alpha value is -2.27. The van der Waals surface area contributed by atoms with E-state index in [1.165, 1.54) is 29.2 Å². The number of halogens is 1. The molecule has 0 unspecified atom stereocenters. The Labute approximate surface area is 138 Å². The molecule has 0 aliphatic rings. The number of nitrogens with zero attached hydrogens (tertiary/aromatic N) is 3. The molecular formula is C12H12FN5O3S2. The number of aromatic nitrogens is 2. The van der Waals surface area contributed by atoms with Gasteiger partial charge in [-0.3, -0.25) is 14.9 Å². The van der Waals surface area contributed by atoms with Crippen molar-refractivity contribution in [1.82, 2.24) is 10.2 Å². The first-order chi connectivity index (χ1) is 10.9. The third kappa shape index (κ3) is 4.36. The average molecular weight is 357 g/mol. The largest absolute Gasteiger partial charge is 0.363 e. The van der Waals surface area contributed by atoms with E-state index in [4.69, 9.17) is 0 Å². The van der Waals surface area contributed by atoms with Gasteiger partial charge in [0, 0.05) is 18.8 Å². The maximum atomic E-state index is 13.3. The lowest BCUT2D eigenvalue weighted by molar-refractivity contribution is -0.387. The fourth-order valence-corrected chi connectivity index (χ4v) is 3.39. The summed E-state index contributed by atoms with van der Waals surface area (Å²) in [4.78, 5) is 22.0. The number of hydrogen-bond donors (Lipinski definition) is 2. The predicted octanol–water partition coefficient (Wildman–Crippen LogP) is 2.75. The van der Waals surface area contributed by atoms with Crippen molar-refractivity contribution < 1.29 is 14.1 Å². The minimum absolute atomic E-state index is 0.156. The molecule has 122 valence electrons. The number of nitro groups is 1. The molecule has 11 heteroatoms. The Balaban J connectivity index is 2.03. The lowest BCUT2D eigenvalue weighted by atomic mass is 10.2. The minimum atomic E-state index is -0.955. The number of nitro benzene ring substituents is 1. The zero-order valence-electron chi connectivity index (χ0n) is 12.1. The van der Waals surface area contributed by atoms with E-state index < -0.39 is 21.7 Å². The van der Waals surface area contributed by atoms with Gasteiger partial charge < -0.3 is 10.6 Å². The highest BCUT2D eigenvalue weighted by molar-refractivity contribution is 8.02. The highest BCUT2D eigenvalue weighted by Gasteiger charge is 2.19. The second-order valence-corrected chi connectivity index (χ2v) is 6.86. The van der Waals surface area contributed by atoms with Crippen LogP contribution in [0.4, 0.5) is 20.9 Å². The maximum absolute atomic E-state index is 13.3. The molecule has 0 fully saturated rings. The Morgan fingerprint density at radius 2 is 2.22 bits per heavy atom. The lowest BCUT2D eigenvalue weighted by Gasteiger charge is -2.10. The lowest BCUT2D eigenvalue weighted by Crippen LogP contribution is -2.22. The number of hydrogen-bond acceptors (Lipinski definition) is 8. The van der Waals surface area contributed by atoms with Crippen molar-refractivity contribution in [1.29, 1.82) is 0 Å². The number of benzene rings is 1. The van der Waals surface area contributed by atoms with Crippen molar-refractivity contribution in [3.8, 4) is 0 Å². The van der Waals surface area contributed by atoms with Gasteiger partial charge >= 0.3 is 5.69 Å². The van der Waals surface area contributed by atoms with E-state index in [0.29, 0.717) is 9.47 Å². The number of thioether (sulfide) groups is 1. The average Bonchev–Trinajstić information content (AvgIpc) is 2.96. The minimum Gasteiger partial charge on any atom is -0.363 e. The summed E-state index contributed by atoms with van der Waals surface area (Å²) in [7, 11) is 1.71. The molecule has 0 spiro atoms. The van der Waals surface area contributed by atoms with Crippen LogP contribution in [0.3, 0.4) is 0 Å². The van der Waals surface area contributed by atoms with Crippen LogP contribution < -0.4 is 10.6 Å². The van der Waals surface area contributed by atoms with Crippen LogP contribution >= 0.6 is 23.1 Å². The van der Waals surface area contributed by atoms with Gasteiger partial charge in [0.25, 0.3) is 0 Å². The molecule has 0 aliphatic carbocycles. The number of nitrogens with one attached hydrogen (secondary N) is 2. The van der Waals surface area contributed by atoms with E-state index >= 15 is 0 Å². The third-order valence-corrected chi connectivity index (χ3v) is 4.80. The van der Waals surface area contributed by atoms with Gasteiger partial charge in [-0.15, -0.1) is 10.2 Å². The summed E-state index contributed by atoms with van der Waals surface area (Å²) in [6.07, 6.45) is 0. The molecule has 1 aromatic carbocycles. The molecule has 0 saturated carbocycles. The van der Waals surface area contributed by atoms with Crippen LogP contribution in [0.5, 0.6) is 0 Å². The van der Waals surface area contributed by atoms with Crippen molar-refractivity contribution in [3.05, 3.63) is 34.1 Å². The van der Waals surface area contributed by atoms with Gasteiger partial charge in [-0.2, -0.15) is 4.39 Å². The molecule has 1 heterocycles. The highest BCUT2D eigenvalue weighted by Crippen LogP contribution is 2.29. The topological polar surface area (TPSA) is 110 Å². The van der Waals surface area contributed by atoms with Crippen LogP contribution in [-0.2, 0) is 4.79 Å². The summed E-state index contributed by atoms with van der Waals surface area (Å²) in [5, 5.41) is 24.0. The number of rotatable bonds is 6. The van der Waals surface area contributed by atoms with Crippen LogP contribution in [0.15, 0.2) is 22.5 Å². The molecule has 2 N–H and O–H groups in total. The van der Waals surface area contributed by atoms with Crippen LogP contribution in [0, 0.1) is 15.9 Å². The fraction of sp³-hybridized carbons (Fsp3) is 0.250. The first-order valence-corrected chi connectivity index (χ1v) is 8.03. The molecule has 0 radical (unpaired) electrons. The number of carbonyl (C=O) groups is 1. The molecule has 1 aromatic heterocycles. The van der Waals surface area contributed by atoms with Gasteiger partial charge in [-0.05, 0) is 19.1 Å². The van der Waals surface area contributed by atoms with Gasteiger partial charge in [-0.1, -0.05) is 23.1 Å². The van der Waals surface area contributed by atoms with Gasteiger partial charge in [0.1, 0.15) is 0 Å². The van der Waals surface area contributed by atoms with E-state index in [2.05, 4.69) is 20.8 Å². The van der Waals surface area contributed by atoms with Crippen molar-refractivity contribution in [2.75, 3.05) is 17.7 Å². The van der Waals surface area contributed by atoms with Crippen LogP contribution in [-0.4, -0.2) is 33.3 Å². The zero-order valence-corrected chi connectivity index (χ0v) is 13.7. The van der Waals surface area contributed by atoms with Gasteiger partial charge in [0.05, 0.1) is 10.2 Å². The van der Waals surface area contributed by atoms with Crippen molar-refractivity contribution in [2.45, 2.75) is 16.5 Å².